The summed E-state index contributed by atoms with van der Waals surface area (Å²) in [5.41, 5.74) is 1.72. The fraction of sp³-hybridized carbons (Fsp3) is 0.467. The van der Waals surface area contributed by atoms with Crippen LogP contribution in [0.1, 0.15) is 5.56 Å². The molecule has 6 nitrogen and oxygen atoms in total. The first-order chi connectivity index (χ1) is 10.1. The number of benzene rings is 1. The topological polar surface area (TPSA) is 72.9 Å². The van der Waals surface area contributed by atoms with Crippen molar-refractivity contribution in [3.8, 4) is 0 Å². The smallest absolute Gasteiger partial charge is 0.313 e. The molecule has 2 N–H and O–H groups in total. The van der Waals surface area contributed by atoms with E-state index in [9.17, 15) is 9.59 Å². The lowest BCUT2D eigenvalue weighted by Gasteiger charge is -2.33. The Labute approximate surface area is 124 Å². The summed E-state index contributed by atoms with van der Waals surface area (Å²) in [7, 11) is 0. The standard InChI is InChI=1S/C15H21N3O3/c1-12-2-4-13(5-3-12)16-14(20)15(21)18-8-6-17(7-9-18)10-11-19/h2-5,19H,6-11H2,1H3,(H,16,20). The molecule has 1 heterocycles. The van der Waals surface area contributed by atoms with E-state index in [2.05, 4.69) is 10.2 Å². The van der Waals surface area contributed by atoms with Gasteiger partial charge in [-0.05, 0) is 19.1 Å². The summed E-state index contributed by atoms with van der Waals surface area (Å²) in [4.78, 5) is 27.7. The van der Waals surface area contributed by atoms with Gasteiger partial charge in [0.05, 0.1) is 6.61 Å². The van der Waals surface area contributed by atoms with Crippen LogP contribution in [0.15, 0.2) is 24.3 Å². The second-order valence-corrected chi connectivity index (χ2v) is 5.18. The van der Waals surface area contributed by atoms with Gasteiger partial charge >= 0.3 is 11.8 Å². The van der Waals surface area contributed by atoms with E-state index in [1.165, 1.54) is 0 Å². The molecule has 0 saturated carbocycles. The van der Waals surface area contributed by atoms with Crippen LogP contribution < -0.4 is 5.32 Å². The number of piperazine rings is 1. The summed E-state index contributed by atoms with van der Waals surface area (Å²) in [5.74, 6) is -1.10. The van der Waals surface area contributed by atoms with Gasteiger partial charge < -0.3 is 15.3 Å². The van der Waals surface area contributed by atoms with Crippen LogP contribution in [0.25, 0.3) is 0 Å². The van der Waals surface area contributed by atoms with Gasteiger partial charge in [-0.1, -0.05) is 17.7 Å². The fourth-order valence-corrected chi connectivity index (χ4v) is 2.28. The van der Waals surface area contributed by atoms with Gasteiger partial charge in [0.2, 0.25) is 0 Å². The predicted octanol–water partition coefficient (Wildman–Crippen LogP) is 0.0700. The lowest BCUT2D eigenvalue weighted by atomic mass is 10.2. The van der Waals surface area contributed by atoms with E-state index in [0.717, 1.165) is 5.56 Å². The van der Waals surface area contributed by atoms with Crippen molar-refractivity contribution in [2.75, 3.05) is 44.6 Å². The Bertz CT molecular complexity index is 493. The number of β-amino-alcohol motifs (C(OH)–C–C–N with tert-alkyl or cyclic N) is 1. The number of aryl methyl sites for hydroxylation is 1. The van der Waals surface area contributed by atoms with Gasteiger partial charge in [-0.3, -0.25) is 14.5 Å². The minimum atomic E-state index is -0.602. The number of nitrogens with one attached hydrogen (secondary N) is 1. The molecule has 6 heteroatoms. The molecule has 2 rings (SSSR count). The summed E-state index contributed by atoms with van der Waals surface area (Å²) in [5, 5.41) is 11.5. The van der Waals surface area contributed by atoms with Crippen molar-refractivity contribution in [3.63, 3.8) is 0 Å². The van der Waals surface area contributed by atoms with E-state index >= 15 is 0 Å². The van der Waals surface area contributed by atoms with Crippen molar-refractivity contribution in [1.29, 1.82) is 0 Å². The Morgan fingerprint density at radius 1 is 1.14 bits per heavy atom. The highest BCUT2D eigenvalue weighted by molar-refractivity contribution is 6.39. The molecule has 0 unspecified atom stereocenters. The molecule has 0 aromatic heterocycles. The average Bonchev–Trinajstić information content (AvgIpc) is 2.50. The Morgan fingerprint density at radius 3 is 2.33 bits per heavy atom. The maximum absolute atomic E-state index is 12.1. The van der Waals surface area contributed by atoms with Crippen molar-refractivity contribution in [3.05, 3.63) is 29.8 Å². The zero-order valence-corrected chi connectivity index (χ0v) is 12.2. The number of carbonyl (C=O) groups excluding carboxylic acids is 2. The highest BCUT2D eigenvalue weighted by Gasteiger charge is 2.25. The number of nitrogens with zero attached hydrogens (tertiary/aromatic N) is 2. The van der Waals surface area contributed by atoms with Crippen LogP contribution >= 0.6 is 0 Å². The number of anilines is 1. The van der Waals surface area contributed by atoms with Crippen LogP contribution in [0.5, 0.6) is 0 Å². The molecule has 1 aromatic rings. The van der Waals surface area contributed by atoms with E-state index in [-0.39, 0.29) is 6.61 Å². The molecule has 0 bridgehead atoms. The molecule has 0 spiro atoms. The Morgan fingerprint density at radius 2 is 1.76 bits per heavy atom. The lowest BCUT2D eigenvalue weighted by molar-refractivity contribution is -0.144. The Kier molecular flexibility index (Phi) is 5.30. The van der Waals surface area contributed by atoms with Crippen molar-refractivity contribution in [1.82, 2.24) is 9.80 Å². The van der Waals surface area contributed by atoms with Crippen LogP contribution in [0, 0.1) is 6.92 Å². The second-order valence-electron chi connectivity index (χ2n) is 5.18. The Balaban J connectivity index is 1.85. The second kappa shape index (κ2) is 7.19. The summed E-state index contributed by atoms with van der Waals surface area (Å²) < 4.78 is 0. The first-order valence-corrected chi connectivity index (χ1v) is 7.10. The molecular formula is C15H21N3O3. The van der Waals surface area contributed by atoms with Crippen molar-refractivity contribution in [2.45, 2.75) is 6.92 Å². The average molecular weight is 291 g/mol. The summed E-state index contributed by atoms with van der Waals surface area (Å²) in [6, 6.07) is 7.32. The molecule has 0 atom stereocenters. The highest BCUT2D eigenvalue weighted by atomic mass is 16.3. The molecule has 2 amide bonds. The fourth-order valence-electron chi connectivity index (χ4n) is 2.28. The van der Waals surface area contributed by atoms with Gasteiger partial charge in [-0.2, -0.15) is 0 Å². The molecule has 0 aliphatic carbocycles. The minimum absolute atomic E-state index is 0.113. The van der Waals surface area contributed by atoms with E-state index < -0.39 is 11.8 Å². The summed E-state index contributed by atoms with van der Waals surface area (Å²) >= 11 is 0. The normalized spacial score (nSPS) is 15.8. The van der Waals surface area contributed by atoms with Crippen LogP contribution in [-0.4, -0.2) is 66.1 Å². The molecule has 21 heavy (non-hydrogen) atoms. The van der Waals surface area contributed by atoms with E-state index in [0.29, 0.717) is 38.4 Å². The summed E-state index contributed by atoms with van der Waals surface area (Å²) in [6.45, 7) is 5.08. The van der Waals surface area contributed by atoms with Crippen molar-refractivity contribution < 1.29 is 14.7 Å². The van der Waals surface area contributed by atoms with E-state index in [1.807, 2.05) is 19.1 Å². The number of rotatable bonds is 3. The monoisotopic (exact) mass is 291 g/mol. The third-order valence-electron chi connectivity index (χ3n) is 3.58. The molecule has 1 saturated heterocycles. The number of aliphatic hydroxyl groups excluding tert-OH is 1. The first kappa shape index (κ1) is 15.5. The van der Waals surface area contributed by atoms with Gasteiger partial charge in [0.1, 0.15) is 0 Å². The van der Waals surface area contributed by atoms with Crippen LogP contribution in [0.4, 0.5) is 5.69 Å². The number of amides is 2. The van der Waals surface area contributed by atoms with Crippen molar-refractivity contribution >= 4 is 17.5 Å². The first-order valence-electron chi connectivity index (χ1n) is 7.10. The SMILES string of the molecule is Cc1ccc(NC(=O)C(=O)N2CCN(CCO)CC2)cc1. The molecule has 1 aliphatic heterocycles. The molecule has 1 fully saturated rings. The van der Waals surface area contributed by atoms with Crippen LogP contribution in [0.2, 0.25) is 0 Å². The van der Waals surface area contributed by atoms with Gasteiger partial charge in [0.15, 0.2) is 0 Å². The third-order valence-corrected chi connectivity index (χ3v) is 3.58. The van der Waals surface area contributed by atoms with Crippen LogP contribution in [-0.2, 0) is 9.59 Å². The highest BCUT2D eigenvalue weighted by Crippen LogP contribution is 2.09. The molecule has 1 aromatic carbocycles. The predicted molar refractivity (Wildman–Crippen MR) is 79.9 cm³/mol. The Hall–Kier alpha value is -1.92. The molecule has 1 aliphatic rings. The number of aliphatic hydroxyl groups is 1. The maximum atomic E-state index is 12.1. The maximum Gasteiger partial charge on any atom is 0.313 e. The largest absolute Gasteiger partial charge is 0.395 e. The molecule has 114 valence electrons. The third kappa shape index (κ3) is 4.27. The minimum Gasteiger partial charge on any atom is -0.395 e. The van der Waals surface area contributed by atoms with E-state index in [1.54, 1.807) is 17.0 Å². The number of carbonyl (C=O) groups is 2. The quantitative estimate of drug-likeness (QED) is 0.773. The van der Waals surface area contributed by atoms with Gasteiger partial charge in [0, 0.05) is 38.4 Å². The number of hydrogen-bond donors (Lipinski definition) is 2. The zero-order chi connectivity index (χ0) is 15.2. The lowest BCUT2D eigenvalue weighted by Crippen LogP contribution is -2.52. The van der Waals surface area contributed by atoms with Gasteiger partial charge in [-0.25, -0.2) is 0 Å². The van der Waals surface area contributed by atoms with Gasteiger partial charge in [-0.15, -0.1) is 0 Å². The van der Waals surface area contributed by atoms with Crippen LogP contribution in [0.3, 0.4) is 0 Å². The molecular weight excluding hydrogens is 270 g/mol. The van der Waals surface area contributed by atoms with Crippen molar-refractivity contribution in [2.24, 2.45) is 0 Å². The number of hydrogen-bond acceptors (Lipinski definition) is 4. The van der Waals surface area contributed by atoms with E-state index in [4.69, 9.17) is 5.11 Å². The van der Waals surface area contributed by atoms with Gasteiger partial charge in [0.25, 0.3) is 0 Å². The summed E-state index contributed by atoms with van der Waals surface area (Å²) in [6.07, 6.45) is 0. The zero-order valence-electron chi connectivity index (χ0n) is 12.2. The molecule has 0 radical (unpaired) electrons.